The molecule has 1 aliphatic rings. The summed E-state index contributed by atoms with van der Waals surface area (Å²) in [6, 6.07) is 9.25. The van der Waals surface area contributed by atoms with Gasteiger partial charge in [-0.05, 0) is 30.5 Å². The molecular weight excluding hydrogens is 238 g/mol. The van der Waals surface area contributed by atoms with Crippen molar-refractivity contribution in [2.75, 3.05) is 13.2 Å². The quantitative estimate of drug-likeness (QED) is 0.879. The summed E-state index contributed by atoms with van der Waals surface area (Å²) in [5.41, 5.74) is 0.00404. The number of nitrogens with zero attached hydrogens (tertiary/aromatic N) is 1. The zero-order valence-electron chi connectivity index (χ0n) is 9.40. The van der Waals surface area contributed by atoms with Crippen molar-refractivity contribution in [3.63, 3.8) is 0 Å². The number of rotatable bonds is 2. The smallest absolute Gasteiger partial charge is 0.0978 e. The fourth-order valence-corrected chi connectivity index (χ4v) is 2.27. The maximum Gasteiger partial charge on any atom is 0.0978 e. The summed E-state index contributed by atoms with van der Waals surface area (Å²) in [5.74, 6) is 0. The molecule has 1 aromatic carbocycles. The molecule has 1 N–H and O–H groups in total. The fourth-order valence-electron chi connectivity index (χ4n) is 2.15. The Morgan fingerprint density at radius 2 is 1.88 bits per heavy atom. The predicted octanol–water partition coefficient (Wildman–Crippen LogP) is 2.69. The first-order chi connectivity index (χ1) is 8.18. The van der Waals surface area contributed by atoms with E-state index in [0.29, 0.717) is 31.1 Å². The third kappa shape index (κ3) is 2.44. The maximum absolute atomic E-state index is 10.4. The van der Waals surface area contributed by atoms with Gasteiger partial charge in [0.25, 0.3) is 0 Å². The van der Waals surface area contributed by atoms with Gasteiger partial charge in [0.05, 0.1) is 17.6 Å². The topological polar surface area (TPSA) is 53.2 Å². The van der Waals surface area contributed by atoms with E-state index in [9.17, 15) is 10.4 Å². The lowest BCUT2D eigenvalue weighted by Crippen LogP contribution is -2.34. The number of aliphatic hydroxyl groups is 1. The highest BCUT2D eigenvalue weighted by Gasteiger charge is 2.40. The Morgan fingerprint density at radius 1 is 1.29 bits per heavy atom. The number of aliphatic hydroxyl groups excluding tert-OH is 1. The molecule has 2 rings (SSSR count). The minimum atomic E-state index is -0.784. The summed E-state index contributed by atoms with van der Waals surface area (Å²) in [5, 5.41) is 20.3. The number of nitriles is 1. The van der Waals surface area contributed by atoms with Gasteiger partial charge in [-0.3, -0.25) is 0 Å². The molecule has 1 atom stereocenters. The predicted molar refractivity (Wildman–Crippen MR) is 64.5 cm³/mol. The Labute approximate surface area is 106 Å². The molecule has 0 saturated carbocycles. The van der Waals surface area contributed by atoms with Gasteiger partial charge in [0.15, 0.2) is 0 Å². The van der Waals surface area contributed by atoms with Crippen molar-refractivity contribution in [2.45, 2.75) is 18.9 Å². The van der Waals surface area contributed by atoms with E-state index < -0.39 is 11.5 Å². The van der Waals surface area contributed by atoms with E-state index >= 15 is 0 Å². The fraction of sp³-hybridized carbons (Fsp3) is 0.462. The highest BCUT2D eigenvalue weighted by atomic mass is 35.5. The number of hydrogen-bond acceptors (Lipinski definition) is 3. The largest absolute Gasteiger partial charge is 0.387 e. The van der Waals surface area contributed by atoms with Gasteiger partial charge >= 0.3 is 0 Å². The molecule has 1 unspecified atom stereocenters. The lowest BCUT2D eigenvalue weighted by Gasteiger charge is -2.35. The average molecular weight is 252 g/mol. The van der Waals surface area contributed by atoms with Crippen LogP contribution in [0.1, 0.15) is 24.5 Å². The molecule has 0 aliphatic carbocycles. The van der Waals surface area contributed by atoms with Crippen molar-refractivity contribution >= 4 is 11.6 Å². The van der Waals surface area contributed by atoms with Crippen LogP contribution in [0.3, 0.4) is 0 Å². The van der Waals surface area contributed by atoms with Gasteiger partial charge in [-0.1, -0.05) is 23.7 Å². The average Bonchev–Trinajstić information content (AvgIpc) is 2.39. The summed E-state index contributed by atoms with van der Waals surface area (Å²) in [4.78, 5) is 0. The Balaban J connectivity index is 2.25. The molecule has 1 fully saturated rings. The SMILES string of the molecule is N#CC1(C(O)c2ccc(Cl)cc2)CCOCC1. The zero-order valence-corrected chi connectivity index (χ0v) is 10.2. The summed E-state index contributed by atoms with van der Waals surface area (Å²) in [7, 11) is 0. The monoisotopic (exact) mass is 251 g/mol. The van der Waals surface area contributed by atoms with Crippen LogP contribution >= 0.6 is 11.6 Å². The Morgan fingerprint density at radius 3 is 2.41 bits per heavy atom. The van der Waals surface area contributed by atoms with Crippen LogP contribution in [0.2, 0.25) is 5.02 Å². The number of halogens is 1. The molecule has 90 valence electrons. The van der Waals surface area contributed by atoms with Crippen LogP contribution in [0.4, 0.5) is 0 Å². The lowest BCUT2D eigenvalue weighted by molar-refractivity contribution is -0.0310. The standard InChI is InChI=1S/C13H14ClNO2/c14-11-3-1-10(2-4-11)12(16)13(9-15)5-7-17-8-6-13/h1-4,12,16H,5-8H2. The van der Waals surface area contributed by atoms with Gasteiger partial charge in [-0.25, -0.2) is 0 Å². The van der Waals surface area contributed by atoms with Crippen LogP contribution in [-0.4, -0.2) is 18.3 Å². The number of hydrogen-bond donors (Lipinski definition) is 1. The second-order valence-electron chi connectivity index (χ2n) is 4.33. The first-order valence-corrected chi connectivity index (χ1v) is 5.98. The van der Waals surface area contributed by atoms with E-state index in [4.69, 9.17) is 16.3 Å². The molecular formula is C13H14ClNO2. The molecule has 1 heterocycles. The maximum atomic E-state index is 10.4. The molecule has 3 nitrogen and oxygen atoms in total. The van der Waals surface area contributed by atoms with Crippen LogP contribution in [0, 0.1) is 16.7 Å². The Bertz CT molecular complexity index is 418. The Kier molecular flexibility index (Phi) is 3.68. The van der Waals surface area contributed by atoms with Crippen LogP contribution in [-0.2, 0) is 4.74 Å². The summed E-state index contributed by atoms with van der Waals surface area (Å²) in [6.07, 6.45) is 0.342. The highest BCUT2D eigenvalue weighted by molar-refractivity contribution is 6.30. The second-order valence-corrected chi connectivity index (χ2v) is 4.77. The van der Waals surface area contributed by atoms with Gasteiger partial charge < -0.3 is 9.84 Å². The second kappa shape index (κ2) is 5.05. The molecule has 1 saturated heterocycles. The van der Waals surface area contributed by atoms with E-state index in [-0.39, 0.29) is 0 Å². The molecule has 0 bridgehead atoms. The summed E-state index contributed by atoms with van der Waals surface area (Å²) < 4.78 is 5.25. The lowest BCUT2D eigenvalue weighted by atomic mass is 9.74. The first kappa shape index (κ1) is 12.4. The molecule has 0 radical (unpaired) electrons. The van der Waals surface area contributed by atoms with Crippen LogP contribution < -0.4 is 0 Å². The van der Waals surface area contributed by atoms with Gasteiger partial charge in [-0.15, -0.1) is 0 Å². The summed E-state index contributed by atoms with van der Waals surface area (Å²) in [6.45, 7) is 1.05. The molecule has 0 amide bonds. The first-order valence-electron chi connectivity index (χ1n) is 5.60. The van der Waals surface area contributed by atoms with Gasteiger partial charge in [0.2, 0.25) is 0 Å². The minimum Gasteiger partial charge on any atom is -0.387 e. The highest BCUT2D eigenvalue weighted by Crippen LogP contribution is 2.42. The minimum absolute atomic E-state index is 0.526. The van der Waals surface area contributed by atoms with Crippen LogP contribution in [0.5, 0.6) is 0 Å². The molecule has 1 aromatic rings. The third-order valence-corrected chi connectivity index (χ3v) is 3.57. The molecule has 1 aliphatic heterocycles. The van der Waals surface area contributed by atoms with Crippen molar-refractivity contribution in [3.05, 3.63) is 34.9 Å². The van der Waals surface area contributed by atoms with Crippen molar-refractivity contribution in [3.8, 4) is 6.07 Å². The normalized spacial score (nSPS) is 20.5. The van der Waals surface area contributed by atoms with Gasteiger partial charge in [0.1, 0.15) is 0 Å². The third-order valence-electron chi connectivity index (χ3n) is 3.32. The van der Waals surface area contributed by atoms with E-state index in [0.717, 1.165) is 5.56 Å². The molecule has 0 aromatic heterocycles. The van der Waals surface area contributed by atoms with Gasteiger partial charge in [-0.2, -0.15) is 5.26 Å². The zero-order chi connectivity index (χ0) is 12.3. The van der Waals surface area contributed by atoms with E-state index in [2.05, 4.69) is 6.07 Å². The Hall–Kier alpha value is -1.08. The van der Waals surface area contributed by atoms with Crippen molar-refractivity contribution in [2.24, 2.45) is 5.41 Å². The van der Waals surface area contributed by atoms with Crippen LogP contribution in [0.25, 0.3) is 0 Å². The van der Waals surface area contributed by atoms with Crippen molar-refractivity contribution in [1.82, 2.24) is 0 Å². The van der Waals surface area contributed by atoms with E-state index in [1.807, 2.05) is 0 Å². The van der Waals surface area contributed by atoms with E-state index in [1.54, 1.807) is 24.3 Å². The molecule has 4 heteroatoms. The number of benzene rings is 1. The number of ether oxygens (including phenoxy) is 1. The molecule has 0 spiro atoms. The van der Waals surface area contributed by atoms with Crippen molar-refractivity contribution < 1.29 is 9.84 Å². The van der Waals surface area contributed by atoms with Crippen molar-refractivity contribution in [1.29, 1.82) is 5.26 Å². The van der Waals surface area contributed by atoms with Gasteiger partial charge in [0, 0.05) is 18.2 Å². The van der Waals surface area contributed by atoms with Crippen LogP contribution in [0.15, 0.2) is 24.3 Å². The molecule has 17 heavy (non-hydrogen) atoms. The van der Waals surface area contributed by atoms with E-state index in [1.165, 1.54) is 0 Å². The summed E-state index contributed by atoms with van der Waals surface area (Å²) >= 11 is 5.80.